The number of benzene rings is 2. The number of nitrogens with two attached hydrogens (primary N) is 1. The van der Waals surface area contributed by atoms with E-state index in [-0.39, 0.29) is 17.7 Å². The molecule has 1 unspecified atom stereocenters. The molecule has 1 amide bonds. The molecule has 0 aliphatic heterocycles. The minimum Gasteiger partial charge on any atom is -0.490 e. The average Bonchev–Trinajstić information content (AvgIpc) is 3.24. The van der Waals surface area contributed by atoms with Gasteiger partial charge in [0.05, 0.1) is 17.2 Å². The number of carbonyl (C=O) groups excluding carboxylic acids is 1. The highest BCUT2D eigenvalue weighted by atomic mass is 19.4. The van der Waals surface area contributed by atoms with Crippen molar-refractivity contribution in [1.29, 1.82) is 0 Å². The van der Waals surface area contributed by atoms with Crippen LogP contribution in [0.3, 0.4) is 0 Å². The van der Waals surface area contributed by atoms with E-state index < -0.39 is 42.1 Å². The monoisotopic (exact) mass is 531 g/mol. The predicted octanol–water partition coefficient (Wildman–Crippen LogP) is 7.94. The van der Waals surface area contributed by atoms with Gasteiger partial charge in [-0.05, 0) is 79.1 Å². The quantitative estimate of drug-likeness (QED) is 0.317. The zero-order valence-corrected chi connectivity index (χ0v) is 20.8. The smallest absolute Gasteiger partial charge is 0.416 e. The predicted molar refractivity (Wildman–Crippen MR) is 126 cm³/mol. The normalized spacial score (nSPS) is 14.5. The first kappa shape index (κ1) is 28.7. The number of halogens is 6. The maximum atomic E-state index is 13.4. The Balaban J connectivity index is 2.09. The van der Waals surface area contributed by atoms with Gasteiger partial charge < -0.3 is 15.2 Å². The van der Waals surface area contributed by atoms with Gasteiger partial charge >= 0.3 is 18.4 Å². The van der Waals surface area contributed by atoms with E-state index in [9.17, 15) is 31.1 Å². The molecule has 0 aromatic heterocycles. The van der Waals surface area contributed by atoms with Gasteiger partial charge in [-0.25, -0.2) is 4.79 Å². The minimum atomic E-state index is -4.99. The molecule has 0 saturated heterocycles. The number of rotatable bonds is 10. The number of carbonyl (C=O) groups is 1. The Bertz CT molecular complexity index is 1060. The number of ether oxygens (including phenoxy) is 2. The van der Waals surface area contributed by atoms with Crippen molar-refractivity contribution in [3.63, 3.8) is 0 Å². The van der Waals surface area contributed by atoms with E-state index in [0.29, 0.717) is 23.4 Å². The summed E-state index contributed by atoms with van der Waals surface area (Å²) in [6.45, 7) is 4.03. The minimum absolute atomic E-state index is 0.0669. The molecule has 4 nitrogen and oxygen atoms in total. The molecule has 204 valence electrons. The summed E-state index contributed by atoms with van der Waals surface area (Å²) in [5, 5.41) is 0. The lowest BCUT2D eigenvalue weighted by Crippen LogP contribution is -2.22. The van der Waals surface area contributed by atoms with Gasteiger partial charge in [-0.1, -0.05) is 26.7 Å². The van der Waals surface area contributed by atoms with Gasteiger partial charge in [0.2, 0.25) is 0 Å². The van der Waals surface area contributed by atoms with E-state index in [1.165, 1.54) is 0 Å². The summed E-state index contributed by atoms with van der Waals surface area (Å²) in [6.07, 6.45) is -7.32. The third-order valence-electron chi connectivity index (χ3n) is 6.41. The second-order valence-electron chi connectivity index (χ2n) is 9.37. The molecule has 1 aliphatic rings. The average molecular weight is 532 g/mol. The summed E-state index contributed by atoms with van der Waals surface area (Å²) >= 11 is 0. The number of aryl methyl sites for hydroxylation is 2. The van der Waals surface area contributed by atoms with Crippen molar-refractivity contribution >= 4 is 6.09 Å². The Morgan fingerprint density at radius 3 is 1.92 bits per heavy atom. The third kappa shape index (κ3) is 7.55. The van der Waals surface area contributed by atoms with Crippen LogP contribution in [0, 0.1) is 0 Å². The van der Waals surface area contributed by atoms with Crippen LogP contribution in [-0.4, -0.2) is 12.2 Å². The van der Waals surface area contributed by atoms with E-state index in [0.717, 1.165) is 56.1 Å². The number of amides is 1. The Morgan fingerprint density at radius 1 is 0.892 bits per heavy atom. The fourth-order valence-electron chi connectivity index (χ4n) is 4.77. The molecular formula is C27H31F6NO3. The van der Waals surface area contributed by atoms with E-state index in [2.05, 4.69) is 0 Å². The second-order valence-corrected chi connectivity index (χ2v) is 9.37. The van der Waals surface area contributed by atoms with Crippen molar-refractivity contribution in [3.05, 3.63) is 63.7 Å². The fraction of sp³-hybridized carbons (Fsp3) is 0.519. The molecule has 37 heavy (non-hydrogen) atoms. The highest BCUT2D eigenvalue weighted by Crippen LogP contribution is 2.40. The summed E-state index contributed by atoms with van der Waals surface area (Å²) in [6, 6.07) is 4.96. The van der Waals surface area contributed by atoms with Crippen LogP contribution < -0.4 is 10.5 Å². The van der Waals surface area contributed by atoms with E-state index in [1.807, 2.05) is 19.9 Å². The van der Waals surface area contributed by atoms with Gasteiger partial charge in [0.15, 0.2) is 0 Å². The molecule has 0 saturated carbocycles. The summed E-state index contributed by atoms with van der Waals surface area (Å²) in [5.74, 6) is 0.404. The first-order valence-electron chi connectivity index (χ1n) is 12.4. The molecule has 2 aromatic carbocycles. The van der Waals surface area contributed by atoms with Crippen molar-refractivity contribution in [1.82, 2.24) is 0 Å². The van der Waals surface area contributed by atoms with Gasteiger partial charge in [0.25, 0.3) is 0 Å². The number of alkyl halides is 6. The molecule has 3 rings (SSSR count). The van der Waals surface area contributed by atoms with E-state index in [1.54, 1.807) is 6.07 Å². The Morgan fingerprint density at radius 2 is 1.43 bits per heavy atom. The van der Waals surface area contributed by atoms with Crippen LogP contribution in [0.4, 0.5) is 31.1 Å². The van der Waals surface area contributed by atoms with Crippen LogP contribution in [0.2, 0.25) is 0 Å². The third-order valence-corrected chi connectivity index (χ3v) is 6.41. The Labute approximate surface area is 212 Å². The van der Waals surface area contributed by atoms with Gasteiger partial charge in [0.1, 0.15) is 11.9 Å². The summed E-state index contributed by atoms with van der Waals surface area (Å²) in [7, 11) is 0. The molecule has 1 aliphatic carbocycles. The maximum Gasteiger partial charge on any atom is 0.416 e. The standard InChI is InChI=1S/C27H31F6NO3/c1-3-6-21(7-4-2)36-24-14-18-9-5-8-17(18)13-22(24)23(37-25(34)35)12-16-10-19(26(28,29)30)15-20(11-16)27(31,32)33/h10-11,13-15,21,23H,3-9,12H2,1-2H3,(H2,34,35). The number of hydrogen-bond acceptors (Lipinski definition) is 3. The topological polar surface area (TPSA) is 61.6 Å². The zero-order chi connectivity index (χ0) is 27.4. The number of primary amides is 1. The van der Waals surface area contributed by atoms with E-state index >= 15 is 0 Å². The molecule has 2 N–H and O–H groups in total. The molecule has 0 radical (unpaired) electrons. The lowest BCUT2D eigenvalue weighted by molar-refractivity contribution is -0.143. The van der Waals surface area contributed by atoms with E-state index in [4.69, 9.17) is 15.2 Å². The van der Waals surface area contributed by atoms with Crippen LogP contribution in [0.1, 0.15) is 85.4 Å². The number of hydrogen-bond donors (Lipinski definition) is 1. The van der Waals surface area contributed by atoms with Crippen LogP contribution in [0.15, 0.2) is 30.3 Å². The summed E-state index contributed by atoms with van der Waals surface area (Å²) < 4.78 is 92.1. The summed E-state index contributed by atoms with van der Waals surface area (Å²) in [5.41, 5.74) is 4.52. The highest BCUT2D eigenvalue weighted by molar-refractivity contribution is 5.65. The Kier molecular flexibility index (Phi) is 9.02. The zero-order valence-electron chi connectivity index (χ0n) is 20.8. The molecule has 1 atom stereocenters. The van der Waals surface area contributed by atoms with Crippen LogP contribution in [-0.2, 0) is 36.4 Å². The van der Waals surface area contributed by atoms with Crippen molar-refractivity contribution < 1.29 is 40.6 Å². The fourth-order valence-corrected chi connectivity index (χ4v) is 4.77. The van der Waals surface area contributed by atoms with Gasteiger partial charge in [-0.3, -0.25) is 0 Å². The van der Waals surface area contributed by atoms with Crippen LogP contribution >= 0.6 is 0 Å². The maximum absolute atomic E-state index is 13.4. The summed E-state index contributed by atoms with van der Waals surface area (Å²) in [4.78, 5) is 11.8. The lowest BCUT2D eigenvalue weighted by atomic mass is 9.94. The molecule has 0 heterocycles. The first-order valence-corrected chi connectivity index (χ1v) is 12.4. The van der Waals surface area contributed by atoms with Crippen LogP contribution in [0.25, 0.3) is 0 Å². The van der Waals surface area contributed by atoms with Gasteiger partial charge in [-0.2, -0.15) is 26.3 Å². The van der Waals surface area contributed by atoms with Gasteiger partial charge in [-0.15, -0.1) is 0 Å². The van der Waals surface area contributed by atoms with Crippen molar-refractivity contribution in [3.8, 4) is 5.75 Å². The van der Waals surface area contributed by atoms with Crippen LogP contribution in [0.5, 0.6) is 5.75 Å². The Hall–Kier alpha value is -2.91. The molecule has 0 bridgehead atoms. The molecular weight excluding hydrogens is 500 g/mol. The first-order chi connectivity index (χ1) is 17.3. The van der Waals surface area contributed by atoms with Crippen molar-refractivity contribution in [2.45, 2.75) is 89.8 Å². The van der Waals surface area contributed by atoms with Crippen molar-refractivity contribution in [2.24, 2.45) is 5.73 Å². The molecule has 0 spiro atoms. The molecule has 2 aromatic rings. The molecule has 0 fully saturated rings. The second kappa shape index (κ2) is 11.6. The largest absolute Gasteiger partial charge is 0.490 e. The number of fused-ring (bicyclic) bond motifs is 1. The lowest BCUT2D eigenvalue weighted by Gasteiger charge is -2.25. The van der Waals surface area contributed by atoms with Crippen molar-refractivity contribution in [2.75, 3.05) is 0 Å². The molecule has 10 heteroatoms. The van der Waals surface area contributed by atoms with Gasteiger partial charge in [0, 0.05) is 12.0 Å². The highest BCUT2D eigenvalue weighted by Gasteiger charge is 2.37. The SMILES string of the molecule is CCCC(CCC)Oc1cc2c(cc1C(Cc1cc(C(F)(F)F)cc(C(F)(F)F)c1)OC(N)=O)CCC2.